The van der Waals surface area contributed by atoms with Crippen molar-refractivity contribution in [1.29, 1.82) is 0 Å². The van der Waals surface area contributed by atoms with Crippen LogP contribution in [0.4, 0.5) is 0 Å². The van der Waals surface area contributed by atoms with Crippen molar-refractivity contribution in [2.45, 2.75) is 52.0 Å². The first-order valence-corrected chi connectivity index (χ1v) is 8.29. The second-order valence-electron chi connectivity index (χ2n) is 6.39. The van der Waals surface area contributed by atoms with E-state index in [1.807, 2.05) is 0 Å². The van der Waals surface area contributed by atoms with Crippen LogP contribution in [0.25, 0.3) is 0 Å². The SMILES string of the molecule is CCNC(c1cccc2c1OCCC2)C1CCCC1C. The van der Waals surface area contributed by atoms with E-state index < -0.39 is 0 Å². The van der Waals surface area contributed by atoms with Crippen molar-refractivity contribution in [2.75, 3.05) is 13.2 Å². The molecule has 0 bridgehead atoms. The molecule has 0 spiro atoms. The Hall–Kier alpha value is -1.02. The molecule has 0 radical (unpaired) electrons. The van der Waals surface area contributed by atoms with Crippen LogP contribution in [-0.2, 0) is 6.42 Å². The minimum Gasteiger partial charge on any atom is -0.493 e. The molecule has 2 nitrogen and oxygen atoms in total. The van der Waals surface area contributed by atoms with Gasteiger partial charge in [0.1, 0.15) is 5.75 Å². The van der Waals surface area contributed by atoms with E-state index in [9.17, 15) is 0 Å². The van der Waals surface area contributed by atoms with Crippen molar-refractivity contribution >= 4 is 0 Å². The van der Waals surface area contributed by atoms with Crippen molar-refractivity contribution in [1.82, 2.24) is 5.32 Å². The Morgan fingerprint density at radius 3 is 2.95 bits per heavy atom. The van der Waals surface area contributed by atoms with Gasteiger partial charge in [0.2, 0.25) is 0 Å². The maximum atomic E-state index is 6.04. The van der Waals surface area contributed by atoms with Gasteiger partial charge in [-0.3, -0.25) is 0 Å². The molecule has 1 aliphatic heterocycles. The van der Waals surface area contributed by atoms with Crippen LogP contribution in [0.5, 0.6) is 5.75 Å². The van der Waals surface area contributed by atoms with Gasteiger partial charge in [0.05, 0.1) is 6.61 Å². The second-order valence-corrected chi connectivity index (χ2v) is 6.39. The summed E-state index contributed by atoms with van der Waals surface area (Å²) in [4.78, 5) is 0. The molecule has 110 valence electrons. The molecular weight excluding hydrogens is 246 g/mol. The van der Waals surface area contributed by atoms with Gasteiger partial charge in [0.15, 0.2) is 0 Å². The molecule has 0 saturated heterocycles. The van der Waals surface area contributed by atoms with E-state index in [0.29, 0.717) is 6.04 Å². The molecule has 3 rings (SSSR count). The molecule has 1 fully saturated rings. The molecule has 1 saturated carbocycles. The van der Waals surface area contributed by atoms with Crippen molar-refractivity contribution in [3.05, 3.63) is 29.3 Å². The standard InChI is InChI=1S/C18H27NO/c1-3-19-17(15-10-4-7-13(15)2)16-11-5-8-14-9-6-12-20-18(14)16/h5,8,11,13,15,17,19H,3-4,6-7,9-10,12H2,1-2H3. The van der Waals surface area contributed by atoms with Gasteiger partial charge in [-0.25, -0.2) is 0 Å². The molecule has 1 heterocycles. The first-order chi connectivity index (χ1) is 9.81. The molecule has 3 atom stereocenters. The highest BCUT2D eigenvalue weighted by atomic mass is 16.5. The number of hydrogen-bond donors (Lipinski definition) is 1. The average molecular weight is 273 g/mol. The molecule has 1 aliphatic carbocycles. The molecule has 0 aromatic heterocycles. The van der Waals surface area contributed by atoms with E-state index in [-0.39, 0.29) is 0 Å². The number of rotatable bonds is 4. The van der Waals surface area contributed by atoms with E-state index in [1.165, 1.54) is 42.6 Å². The van der Waals surface area contributed by atoms with Crippen molar-refractivity contribution in [2.24, 2.45) is 11.8 Å². The number of benzene rings is 1. The van der Waals surface area contributed by atoms with Crippen LogP contribution in [-0.4, -0.2) is 13.2 Å². The molecule has 1 N–H and O–H groups in total. The van der Waals surface area contributed by atoms with Gasteiger partial charge in [-0.1, -0.05) is 44.9 Å². The Balaban J connectivity index is 1.94. The van der Waals surface area contributed by atoms with Gasteiger partial charge >= 0.3 is 0 Å². The number of fused-ring (bicyclic) bond motifs is 1. The maximum absolute atomic E-state index is 6.04. The molecule has 1 aromatic rings. The lowest BCUT2D eigenvalue weighted by Gasteiger charge is -2.31. The summed E-state index contributed by atoms with van der Waals surface area (Å²) in [5.74, 6) is 2.76. The molecule has 3 unspecified atom stereocenters. The number of aryl methyl sites for hydroxylation is 1. The molecule has 0 amide bonds. The zero-order valence-corrected chi connectivity index (χ0v) is 12.8. The van der Waals surface area contributed by atoms with Gasteiger partial charge in [-0.05, 0) is 43.2 Å². The fourth-order valence-electron chi connectivity index (χ4n) is 4.04. The summed E-state index contributed by atoms with van der Waals surface area (Å²) in [6.45, 7) is 6.53. The Labute approximate surface area is 122 Å². The van der Waals surface area contributed by atoms with Gasteiger partial charge < -0.3 is 10.1 Å². The fourth-order valence-corrected chi connectivity index (χ4v) is 4.04. The highest BCUT2D eigenvalue weighted by Crippen LogP contribution is 2.43. The van der Waals surface area contributed by atoms with Gasteiger partial charge in [0.25, 0.3) is 0 Å². The lowest BCUT2D eigenvalue weighted by atomic mass is 9.84. The number of para-hydroxylation sites is 1. The third-order valence-electron chi connectivity index (χ3n) is 5.08. The van der Waals surface area contributed by atoms with E-state index in [0.717, 1.165) is 31.4 Å². The van der Waals surface area contributed by atoms with Crippen LogP contribution in [0.3, 0.4) is 0 Å². The second kappa shape index (κ2) is 6.17. The lowest BCUT2D eigenvalue weighted by molar-refractivity contribution is 0.262. The average Bonchev–Trinajstić information content (AvgIpc) is 2.90. The monoisotopic (exact) mass is 273 g/mol. The molecule has 2 aliphatic rings. The zero-order chi connectivity index (χ0) is 13.9. The predicted octanol–water partition coefficient (Wildman–Crippen LogP) is 4.10. The smallest absolute Gasteiger partial charge is 0.127 e. The third kappa shape index (κ3) is 2.58. The van der Waals surface area contributed by atoms with Crippen LogP contribution in [0.1, 0.15) is 56.7 Å². The van der Waals surface area contributed by atoms with Crippen LogP contribution in [0, 0.1) is 11.8 Å². The Morgan fingerprint density at radius 2 is 2.20 bits per heavy atom. The first kappa shape index (κ1) is 13.9. The molecule has 2 heteroatoms. The summed E-state index contributed by atoms with van der Waals surface area (Å²) < 4.78 is 6.04. The van der Waals surface area contributed by atoms with Gasteiger partial charge in [0, 0.05) is 11.6 Å². The van der Waals surface area contributed by atoms with E-state index in [1.54, 1.807) is 0 Å². The topological polar surface area (TPSA) is 21.3 Å². The van der Waals surface area contributed by atoms with E-state index in [2.05, 4.69) is 37.4 Å². The molecule has 20 heavy (non-hydrogen) atoms. The summed E-state index contributed by atoms with van der Waals surface area (Å²) in [5.41, 5.74) is 2.81. The Bertz CT molecular complexity index is 457. The lowest BCUT2D eigenvalue weighted by Crippen LogP contribution is -2.30. The quantitative estimate of drug-likeness (QED) is 0.892. The van der Waals surface area contributed by atoms with Crippen molar-refractivity contribution in [3.8, 4) is 5.75 Å². The first-order valence-electron chi connectivity index (χ1n) is 8.29. The van der Waals surface area contributed by atoms with Crippen LogP contribution in [0.15, 0.2) is 18.2 Å². The number of hydrogen-bond acceptors (Lipinski definition) is 2. The van der Waals surface area contributed by atoms with Crippen LogP contribution in [0.2, 0.25) is 0 Å². The molecular formula is C18H27NO. The van der Waals surface area contributed by atoms with Gasteiger partial charge in [-0.15, -0.1) is 0 Å². The minimum absolute atomic E-state index is 0.463. The van der Waals surface area contributed by atoms with Crippen molar-refractivity contribution in [3.63, 3.8) is 0 Å². The highest BCUT2D eigenvalue weighted by Gasteiger charge is 2.33. The van der Waals surface area contributed by atoms with Crippen molar-refractivity contribution < 1.29 is 4.74 Å². The summed E-state index contributed by atoms with van der Waals surface area (Å²) in [6.07, 6.45) is 6.43. The maximum Gasteiger partial charge on any atom is 0.127 e. The summed E-state index contributed by atoms with van der Waals surface area (Å²) in [7, 11) is 0. The summed E-state index contributed by atoms with van der Waals surface area (Å²) in [5, 5.41) is 3.74. The number of nitrogens with one attached hydrogen (secondary N) is 1. The third-order valence-corrected chi connectivity index (χ3v) is 5.08. The predicted molar refractivity (Wildman–Crippen MR) is 83.2 cm³/mol. The van der Waals surface area contributed by atoms with E-state index in [4.69, 9.17) is 4.74 Å². The minimum atomic E-state index is 0.463. The Kier molecular flexibility index (Phi) is 4.30. The van der Waals surface area contributed by atoms with Crippen LogP contribution >= 0.6 is 0 Å². The Morgan fingerprint density at radius 1 is 1.30 bits per heavy atom. The van der Waals surface area contributed by atoms with Gasteiger partial charge in [-0.2, -0.15) is 0 Å². The fraction of sp³-hybridized carbons (Fsp3) is 0.667. The summed E-state index contributed by atoms with van der Waals surface area (Å²) >= 11 is 0. The summed E-state index contributed by atoms with van der Waals surface area (Å²) in [6, 6.07) is 7.19. The normalized spacial score (nSPS) is 26.9. The largest absolute Gasteiger partial charge is 0.493 e. The van der Waals surface area contributed by atoms with E-state index >= 15 is 0 Å². The molecule has 1 aromatic carbocycles. The zero-order valence-electron chi connectivity index (χ0n) is 12.8. The van der Waals surface area contributed by atoms with Crippen LogP contribution < -0.4 is 10.1 Å². The number of ether oxygens (including phenoxy) is 1. The highest BCUT2D eigenvalue weighted by molar-refractivity contribution is 5.45.